The first-order valence-corrected chi connectivity index (χ1v) is 5.07. The summed E-state index contributed by atoms with van der Waals surface area (Å²) in [6.45, 7) is 7.75. The normalized spacial score (nSPS) is 10.8. The van der Waals surface area contributed by atoms with Crippen LogP contribution in [0.3, 0.4) is 0 Å². The van der Waals surface area contributed by atoms with Crippen molar-refractivity contribution >= 4 is 6.09 Å². The van der Waals surface area contributed by atoms with E-state index in [1.54, 1.807) is 6.08 Å². The predicted molar refractivity (Wildman–Crippen MR) is 62.5 cm³/mol. The summed E-state index contributed by atoms with van der Waals surface area (Å²) < 4.78 is 4.61. The van der Waals surface area contributed by atoms with Crippen molar-refractivity contribution in [1.29, 1.82) is 0 Å². The summed E-state index contributed by atoms with van der Waals surface area (Å²) >= 11 is 0. The first-order chi connectivity index (χ1) is 7.20. The summed E-state index contributed by atoms with van der Waals surface area (Å²) in [5.41, 5.74) is 6.00. The molecule has 0 aromatic rings. The van der Waals surface area contributed by atoms with E-state index in [9.17, 15) is 4.79 Å². The van der Waals surface area contributed by atoms with Crippen LogP contribution >= 0.6 is 0 Å². The van der Waals surface area contributed by atoms with Gasteiger partial charge in [0.15, 0.2) is 0 Å². The minimum atomic E-state index is -0.701. The van der Waals surface area contributed by atoms with Gasteiger partial charge in [-0.05, 0) is 31.3 Å². The molecule has 0 rings (SSSR count). The maximum atomic E-state index is 10.2. The van der Waals surface area contributed by atoms with Gasteiger partial charge in [0.2, 0.25) is 0 Å². The minimum absolute atomic E-state index is 0.407. The quantitative estimate of drug-likeness (QED) is 0.493. The summed E-state index contributed by atoms with van der Waals surface area (Å²) in [6, 6.07) is 0. The van der Waals surface area contributed by atoms with Crippen molar-refractivity contribution in [3.8, 4) is 0 Å². The molecule has 0 fully saturated rings. The first-order valence-electron chi connectivity index (χ1n) is 5.07. The van der Waals surface area contributed by atoms with Crippen LogP contribution in [0.2, 0.25) is 0 Å². The highest BCUT2D eigenvalue weighted by Crippen LogP contribution is 2.09. The fraction of sp³-hybridized carbons (Fsp3) is 0.417. The first kappa shape index (κ1) is 13.5. The summed E-state index contributed by atoms with van der Waals surface area (Å²) in [7, 11) is 0. The van der Waals surface area contributed by atoms with E-state index < -0.39 is 6.09 Å². The van der Waals surface area contributed by atoms with Crippen LogP contribution in [0.1, 0.15) is 25.7 Å². The zero-order valence-corrected chi connectivity index (χ0v) is 9.08. The largest absolute Gasteiger partial charge is 0.450 e. The monoisotopic (exact) mass is 209 g/mol. The molecule has 0 saturated carbocycles. The van der Waals surface area contributed by atoms with Gasteiger partial charge in [0.05, 0.1) is 6.61 Å². The van der Waals surface area contributed by atoms with Crippen LogP contribution < -0.4 is 5.73 Å². The Bertz CT molecular complexity index is 244. The van der Waals surface area contributed by atoms with Gasteiger partial charge in [0.25, 0.3) is 0 Å². The molecule has 1 amide bonds. The van der Waals surface area contributed by atoms with Crippen molar-refractivity contribution < 1.29 is 9.53 Å². The summed E-state index contributed by atoms with van der Waals surface area (Å²) in [5, 5.41) is 0. The van der Waals surface area contributed by atoms with E-state index in [1.807, 2.05) is 12.2 Å². The second kappa shape index (κ2) is 9.06. The molecule has 15 heavy (non-hydrogen) atoms. The van der Waals surface area contributed by atoms with Gasteiger partial charge in [-0.25, -0.2) is 4.79 Å². The number of hydrogen-bond acceptors (Lipinski definition) is 2. The second-order valence-electron chi connectivity index (χ2n) is 3.16. The molecular formula is C12H19NO2. The molecule has 0 saturated heterocycles. The van der Waals surface area contributed by atoms with E-state index in [0.29, 0.717) is 6.61 Å². The number of ether oxygens (including phenoxy) is 1. The van der Waals surface area contributed by atoms with Gasteiger partial charge in [-0.3, -0.25) is 0 Å². The molecule has 0 aliphatic carbocycles. The van der Waals surface area contributed by atoms with E-state index in [1.165, 1.54) is 5.57 Å². The molecule has 0 aromatic heterocycles. The van der Waals surface area contributed by atoms with Crippen molar-refractivity contribution in [3.05, 3.63) is 37.0 Å². The molecule has 0 spiro atoms. The number of amides is 1. The molecule has 0 unspecified atom stereocenters. The lowest BCUT2D eigenvalue weighted by molar-refractivity contribution is 0.154. The summed E-state index contributed by atoms with van der Waals surface area (Å²) in [6.07, 6.45) is 8.73. The Morgan fingerprint density at radius 2 is 2.00 bits per heavy atom. The molecular weight excluding hydrogens is 190 g/mol. The van der Waals surface area contributed by atoms with Gasteiger partial charge in [-0.1, -0.05) is 31.4 Å². The van der Waals surface area contributed by atoms with Gasteiger partial charge in [0.1, 0.15) is 0 Å². The highest BCUT2D eigenvalue weighted by atomic mass is 16.5. The number of allylic oxidation sites excluding steroid dienone is 4. The molecule has 0 atom stereocenters. The Kier molecular flexibility index (Phi) is 8.15. The number of unbranched alkanes of at least 4 members (excludes halogenated alkanes) is 2. The Morgan fingerprint density at radius 1 is 1.27 bits per heavy atom. The summed E-state index contributed by atoms with van der Waals surface area (Å²) in [5.74, 6) is 0. The van der Waals surface area contributed by atoms with E-state index in [0.717, 1.165) is 25.7 Å². The Labute approximate surface area is 91.3 Å². The lowest BCUT2D eigenvalue weighted by atomic mass is 10.1. The van der Waals surface area contributed by atoms with Gasteiger partial charge in [-0.2, -0.15) is 0 Å². The zero-order valence-electron chi connectivity index (χ0n) is 9.08. The number of rotatable bonds is 8. The van der Waals surface area contributed by atoms with Crippen LogP contribution in [0.4, 0.5) is 4.79 Å². The number of hydrogen-bond donors (Lipinski definition) is 1. The molecule has 3 heteroatoms. The molecule has 0 aromatic carbocycles. The van der Waals surface area contributed by atoms with Crippen molar-refractivity contribution in [3.63, 3.8) is 0 Å². The summed E-state index contributed by atoms with van der Waals surface area (Å²) in [4.78, 5) is 10.2. The van der Waals surface area contributed by atoms with Crippen molar-refractivity contribution in [2.24, 2.45) is 5.73 Å². The van der Waals surface area contributed by atoms with Crippen LogP contribution in [0.5, 0.6) is 0 Å². The number of nitrogens with two attached hydrogens (primary N) is 1. The second-order valence-corrected chi connectivity index (χ2v) is 3.16. The lowest BCUT2D eigenvalue weighted by Crippen LogP contribution is -2.13. The van der Waals surface area contributed by atoms with Crippen molar-refractivity contribution in [1.82, 2.24) is 0 Å². The Morgan fingerprint density at radius 3 is 2.53 bits per heavy atom. The molecule has 0 aliphatic rings. The third-order valence-electron chi connectivity index (χ3n) is 1.95. The molecule has 84 valence electrons. The van der Waals surface area contributed by atoms with Gasteiger partial charge in [0, 0.05) is 0 Å². The van der Waals surface area contributed by atoms with Crippen LogP contribution in [0, 0.1) is 0 Å². The number of carbonyl (C=O) groups is 1. The van der Waals surface area contributed by atoms with Crippen molar-refractivity contribution in [2.45, 2.75) is 25.7 Å². The fourth-order valence-electron chi connectivity index (χ4n) is 1.19. The maximum Gasteiger partial charge on any atom is 0.404 e. The molecule has 0 aliphatic heterocycles. The maximum absolute atomic E-state index is 10.2. The predicted octanol–water partition coefficient (Wildman–Crippen LogP) is 2.94. The van der Waals surface area contributed by atoms with E-state index >= 15 is 0 Å². The smallest absolute Gasteiger partial charge is 0.404 e. The highest BCUT2D eigenvalue weighted by Gasteiger charge is 1.95. The number of primary amides is 1. The van der Waals surface area contributed by atoms with E-state index in [-0.39, 0.29) is 0 Å². The minimum Gasteiger partial charge on any atom is -0.450 e. The molecule has 2 N–H and O–H groups in total. The van der Waals surface area contributed by atoms with E-state index in [2.05, 4.69) is 17.9 Å². The third kappa shape index (κ3) is 8.81. The average Bonchev–Trinajstić information content (AvgIpc) is 2.21. The standard InChI is InChI=1S/C12H19NO2/c1-3-8-11(4-2)9-6-5-7-10-15-12(13)14/h3-4,8H,1-2,5-7,9-10H2,(H2,13,14). The van der Waals surface area contributed by atoms with Gasteiger partial charge in [-0.15, -0.1) is 0 Å². The molecule has 0 radical (unpaired) electrons. The average molecular weight is 209 g/mol. The zero-order chi connectivity index (χ0) is 11.5. The SMILES string of the molecule is C=CC=C(C=C)CCCCCOC(N)=O. The van der Waals surface area contributed by atoms with Crippen LogP contribution in [-0.4, -0.2) is 12.7 Å². The lowest BCUT2D eigenvalue weighted by Gasteiger charge is -2.02. The van der Waals surface area contributed by atoms with Crippen LogP contribution in [-0.2, 0) is 4.74 Å². The van der Waals surface area contributed by atoms with E-state index in [4.69, 9.17) is 5.73 Å². The number of carbonyl (C=O) groups excluding carboxylic acids is 1. The molecule has 3 nitrogen and oxygen atoms in total. The molecule has 0 heterocycles. The topological polar surface area (TPSA) is 52.3 Å². The van der Waals surface area contributed by atoms with Crippen molar-refractivity contribution in [2.75, 3.05) is 6.61 Å². The third-order valence-corrected chi connectivity index (χ3v) is 1.95. The highest BCUT2D eigenvalue weighted by molar-refractivity contribution is 5.64. The molecule has 0 bridgehead atoms. The van der Waals surface area contributed by atoms with Gasteiger partial charge >= 0.3 is 6.09 Å². The van der Waals surface area contributed by atoms with Crippen LogP contribution in [0.15, 0.2) is 37.0 Å². The Hall–Kier alpha value is -1.51. The fourth-order valence-corrected chi connectivity index (χ4v) is 1.19. The van der Waals surface area contributed by atoms with Gasteiger partial charge < -0.3 is 10.5 Å². The van der Waals surface area contributed by atoms with Crippen LogP contribution in [0.25, 0.3) is 0 Å². The Balaban J connectivity index is 3.45.